The van der Waals surface area contributed by atoms with Crippen molar-refractivity contribution in [2.75, 3.05) is 41.7 Å². The van der Waals surface area contributed by atoms with E-state index in [2.05, 4.69) is 39.9 Å². The van der Waals surface area contributed by atoms with Gasteiger partial charge in [0.1, 0.15) is 17.3 Å². The number of aryl methyl sites for hydroxylation is 1. The number of carbonyl (C=O) groups is 2. The van der Waals surface area contributed by atoms with Crippen molar-refractivity contribution in [3.05, 3.63) is 59.6 Å². The highest BCUT2D eigenvalue weighted by molar-refractivity contribution is 7.79. The molecule has 4 heterocycles. The van der Waals surface area contributed by atoms with E-state index in [-0.39, 0.29) is 42.9 Å². The lowest BCUT2D eigenvalue weighted by atomic mass is 10.0. The summed E-state index contributed by atoms with van der Waals surface area (Å²) in [5.41, 5.74) is 3.22. The zero-order valence-corrected chi connectivity index (χ0v) is 25.2. The Balaban J connectivity index is 0.00000198. The molecule has 2 unspecified atom stereocenters. The number of carbonyl (C=O) groups excluding carboxylic acids is 2. The van der Waals surface area contributed by atoms with Gasteiger partial charge in [-0.3, -0.25) is 19.3 Å². The average molecular weight is 597 g/mol. The predicted molar refractivity (Wildman–Crippen MR) is 162 cm³/mol. The highest BCUT2D eigenvalue weighted by atomic mass is 32.1. The molecule has 1 aromatic carbocycles. The molecule has 2 aliphatic rings. The first kappa shape index (κ1) is 30.7. The highest BCUT2D eigenvalue weighted by Crippen LogP contribution is 2.41. The van der Waals surface area contributed by atoms with Crippen molar-refractivity contribution >= 4 is 42.0 Å². The van der Waals surface area contributed by atoms with Crippen molar-refractivity contribution in [3.63, 3.8) is 0 Å². The monoisotopic (exact) mass is 596 g/mol. The molecule has 0 aliphatic carbocycles. The zero-order valence-electron chi connectivity index (χ0n) is 24.3. The number of anilines is 3. The largest absolute Gasteiger partial charge is 0.507 e. The number of benzene rings is 1. The van der Waals surface area contributed by atoms with E-state index in [9.17, 15) is 14.7 Å². The van der Waals surface area contributed by atoms with E-state index in [1.807, 2.05) is 26.2 Å². The molecule has 14 heteroatoms. The SMILES string of the molecule is C=CC(=O)NC1COCC1Nc1ncc2c(n1)N(Cc1ccn(C)n1)C(=O)N(c1c(C)c(O)cc(OC)c1C)C2.CS. The number of amides is 3. The fourth-order valence-corrected chi connectivity index (χ4v) is 5.04. The van der Waals surface area contributed by atoms with Gasteiger partial charge in [0.15, 0.2) is 0 Å². The van der Waals surface area contributed by atoms with E-state index in [0.29, 0.717) is 53.2 Å². The van der Waals surface area contributed by atoms with Crippen LogP contribution in [0, 0.1) is 13.8 Å². The van der Waals surface area contributed by atoms with Crippen molar-refractivity contribution in [1.29, 1.82) is 0 Å². The summed E-state index contributed by atoms with van der Waals surface area (Å²) in [6.07, 6.45) is 6.39. The van der Waals surface area contributed by atoms with Crippen LogP contribution < -0.4 is 25.2 Å². The molecule has 42 heavy (non-hydrogen) atoms. The third-order valence-electron chi connectivity index (χ3n) is 7.11. The third-order valence-corrected chi connectivity index (χ3v) is 7.11. The first-order valence-corrected chi connectivity index (χ1v) is 14.1. The molecular formula is C28H36N8O5S. The molecule has 3 amide bonds. The van der Waals surface area contributed by atoms with Crippen LogP contribution in [-0.2, 0) is 29.7 Å². The van der Waals surface area contributed by atoms with Gasteiger partial charge in [-0.25, -0.2) is 9.78 Å². The second-order valence-electron chi connectivity index (χ2n) is 9.78. The lowest BCUT2D eigenvalue weighted by Gasteiger charge is -2.37. The Labute approximate surface area is 249 Å². The molecule has 0 bridgehead atoms. The van der Waals surface area contributed by atoms with Crippen LogP contribution in [0.4, 0.5) is 22.2 Å². The minimum Gasteiger partial charge on any atom is -0.507 e. The van der Waals surface area contributed by atoms with Crippen LogP contribution in [0.25, 0.3) is 0 Å². The molecule has 224 valence electrons. The van der Waals surface area contributed by atoms with Gasteiger partial charge in [0.2, 0.25) is 11.9 Å². The summed E-state index contributed by atoms with van der Waals surface area (Å²) in [6.45, 7) is 8.15. The number of hydrogen-bond donors (Lipinski definition) is 4. The second kappa shape index (κ2) is 13.1. The van der Waals surface area contributed by atoms with Gasteiger partial charge in [0, 0.05) is 42.2 Å². The number of phenols is 1. The normalized spacial score (nSPS) is 17.7. The number of phenolic OH excluding ortho intramolecular Hbond substituents is 1. The van der Waals surface area contributed by atoms with Gasteiger partial charge in [0.05, 0.1) is 56.9 Å². The van der Waals surface area contributed by atoms with Crippen LogP contribution in [0.2, 0.25) is 0 Å². The van der Waals surface area contributed by atoms with Crippen molar-refractivity contribution in [3.8, 4) is 11.5 Å². The molecule has 0 saturated carbocycles. The zero-order chi connectivity index (χ0) is 30.6. The third kappa shape index (κ3) is 6.14. The standard InChI is InChI=1S/C27H32N8O5.CH4S/c1-6-23(37)29-19-13-40-14-20(19)30-26-28-10-17-11-34(24-15(2)21(36)9-22(39-5)16(24)3)27(38)35(25(17)31-26)12-18-7-8-33(4)32-18;1-2/h6-10,19-20,36H,1,11-14H2,2-5H3,(H,29,37)(H,28,30,31);2H,1H3. The minimum atomic E-state index is -0.332. The maximum absolute atomic E-state index is 14.1. The molecule has 13 nitrogen and oxygen atoms in total. The van der Waals surface area contributed by atoms with Gasteiger partial charge in [-0.05, 0) is 32.2 Å². The van der Waals surface area contributed by atoms with Gasteiger partial charge < -0.3 is 25.2 Å². The lowest BCUT2D eigenvalue weighted by molar-refractivity contribution is -0.117. The molecule has 2 aliphatic heterocycles. The first-order valence-electron chi connectivity index (χ1n) is 13.2. The van der Waals surface area contributed by atoms with Crippen LogP contribution in [0.3, 0.4) is 0 Å². The summed E-state index contributed by atoms with van der Waals surface area (Å²) in [5, 5.41) is 21.1. The van der Waals surface area contributed by atoms with Gasteiger partial charge in [-0.2, -0.15) is 22.7 Å². The van der Waals surface area contributed by atoms with Gasteiger partial charge >= 0.3 is 6.03 Å². The van der Waals surface area contributed by atoms with Crippen molar-refractivity contribution in [2.45, 2.75) is 39.0 Å². The summed E-state index contributed by atoms with van der Waals surface area (Å²) >= 11 is 3.53. The smallest absolute Gasteiger partial charge is 0.330 e. The van der Waals surface area contributed by atoms with Crippen molar-refractivity contribution in [1.82, 2.24) is 25.1 Å². The van der Waals surface area contributed by atoms with Crippen molar-refractivity contribution < 1.29 is 24.2 Å². The molecule has 0 radical (unpaired) electrons. The Morgan fingerprint density at radius 2 is 2.02 bits per heavy atom. The summed E-state index contributed by atoms with van der Waals surface area (Å²) in [5.74, 6) is 0.943. The topological polar surface area (TPSA) is 147 Å². The van der Waals surface area contributed by atoms with E-state index < -0.39 is 0 Å². The van der Waals surface area contributed by atoms with Crippen LogP contribution in [0.1, 0.15) is 22.4 Å². The maximum atomic E-state index is 14.1. The molecular weight excluding hydrogens is 560 g/mol. The molecule has 1 saturated heterocycles. The molecule has 5 rings (SSSR count). The fraction of sp³-hybridized carbons (Fsp3) is 0.393. The Kier molecular flexibility index (Phi) is 9.58. The number of nitrogens with one attached hydrogen (secondary N) is 2. The van der Waals surface area contributed by atoms with E-state index >= 15 is 0 Å². The highest BCUT2D eigenvalue weighted by Gasteiger charge is 2.37. The molecule has 0 spiro atoms. The van der Waals surface area contributed by atoms with Crippen LogP contribution in [-0.4, -0.2) is 75.5 Å². The number of thiol groups is 1. The number of aromatic nitrogens is 4. The second-order valence-corrected chi connectivity index (χ2v) is 9.78. The van der Waals surface area contributed by atoms with E-state index in [1.54, 1.807) is 39.9 Å². The van der Waals surface area contributed by atoms with Crippen LogP contribution in [0.15, 0.2) is 37.2 Å². The molecule has 3 aromatic rings. The quantitative estimate of drug-likeness (QED) is 0.228. The Bertz CT molecular complexity index is 1480. The number of fused-ring (bicyclic) bond motifs is 1. The summed E-state index contributed by atoms with van der Waals surface area (Å²) in [7, 11) is 3.33. The van der Waals surface area contributed by atoms with Crippen LogP contribution in [0.5, 0.6) is 11.5 Å². The van der Waals surface area contributed by atoms with E-state index in [1.165, 1.54) is 13.2 Å². The molecule has 1 fully saturated rings. The number of ether oxygens (including phenoxy) is 2. The number of aromatic hydroxyl groups is 1. The molecule has 3 N–H and O–H groups in total. The number of urea groups is 1. The first-order chi connectivity index (χ1) is 20.2. The van der Waals surface area contributed by atoms with Gasteiger partial charge in [0.25, 0.3) is 0 Å². The van der Waals surface area contributed by atoms with Gasteiger partial charge in [-0.15, -0.1) is 0 Å². The Morgan fingerprint density at radius 3 is 2.69 bits per heavy atom. The number of methoxy groups -OCH3 is 1. The summed E-state index contributed by atoms with van der Waals surface area (Å²) in [4.78, 5) is 38.3. The summed E-state index contributed by atoms with van der Waals surface area (Å²) < 4.78 is 12.7. The molecule has 2 aromatic heterocycles. The summed E-state index contributed by atoms with van der Waals surface area (Å²) in [6, 6.07) is 2.48. The molecule has 2 atom stereocenters. The lowest BCUT2D eigenvalue weighted by Crippen LogP contribution is -2.48. The fourth-order valence-electron chi connectivity index (χ4n) is 5.04. The number of nitrogens with zero attached hydrogens (tertiary/aromatic N) is 6. The van der Waals surface area contributed by atoms with Gasteiger partial charge in [-0.1, -0.05) is 6.58 Å². The van der Waals surface area contributed by atoms with Crippen molar-refractivity contribution in [2.24, 2.45) is 7.05 Å². The number of hydrogen-bond acceptors (Lipinski definition) is 10. The average Bonchev–Trinajstić information content (AvgIpc) is 3.61. The number of rotatable bonds is 8. The Morgan fingerprint density at radius 1 is 1.29 bits per heavy atom. The minimum absolute atomic E-state index is 0.0278. The van der Waals surface area contributed by atoms with E-state index in [0.717, 1.165) is 5.56 Å². The van der Waals surface area contributed by atoms with Crippen LogP contribution >= 0.6 is 12.6 Å². The predicted octanol–water partition coefficient (Wildman–Crippen LogP) is 2.72. The maximum Gasteiger partial charge on any atom is 0.330 e. The Hall–Kier alpha value is -4.30. The van der Waals surface area contributed by atoms with E-state index in [4.69, 9.17) is 14.5 Å².